The lowest BCUT2D eigenvalue weighted by Crippen LogP contribution is -2.14. The molecule has 2 N–H and O–H groups in total. The van der Waals surface area contributed by atoms with Gasteiger partial charge in [-0.1, -0.05) is 0 Å². The molecule has 2 aromatic rings. The molecule has 0 bridgehead atoms. The van der Waals surface area contributed by atoms with E-state index in [1.165, 1.54) is 11.8 Å². The third-order valence-corrected chi connectivity index (χ3v) is 2.96. The molecule has 0 radical (unpaired) electrons. The number of carbonyl (C=O) groups is 1. The van der Waals surface area contributed by atoms with Gasteiger partial charge in [0.1, 0.15) is 11.4 Å². The fourth-order valence-electron chi connectivity index (χ4n) is 1.90. The maximum absolute atomic E-state index is 11.9. The van der Waals surface area contributed by atoms with Crippen LogP contribution in [0.5, 0.6) is 0 Å². The van der Waals surface area contributed by atoms with Gasteiger partial charge in [-0.2, -0.15) is 5.26 Å². The topological polar surface area (TPSA) is 97.2 Å². The molecule has 0 saturated heterocycles. The first-order valence-corrected chi connectivity index (χ1v) is 6.14. The second-order valence-corrected chi connectivity index (χ2v) is 4.54. The number of hydrogen-bond acceptors (Lipinski definition) is 6. The van der Waals surface area contributed by atoms with Crippen molar-refractivity contribution in [2.45, 2.75) is 0 Å². The van der Waals surface area contributed by atoms with Crippen LogP contribution in [0.2, 0.25) is 0 Å². The zero-order valence-electron chi connectivity index (χ0n) is 12.0. The summed E-state index contributed by atoms with van der Waals surface area (Å²) in [4.78, 5) is 13.6. The number of rotatable bonds is 3. The summed E-state index contributed by atoms with van der Waals surface area (Å²) < 4.78 is 6.20. The standard InChI is InChI=1S/C14H15N5O2/c1-18(2)13-11(14(20)21-3)12(16)19(17-13)10-6-4-9(8-15)5-7-10/h4-7H,16H2,1-3H3. The van der Waals surface area contributed by atoms with Gasteiger partial charge < -0.3 is 15.4 Å². The molecule has 1 aromatic carbocycles. The molecule has 21 heavy (non-hydrogen) atoms. The van der Waals surface area contributed by atoms with Gasteiger partial charge in [-0.25, -0.2) is 9.48 Å². The average molecular weight is 285 g/mol. The maximum Gasteiger partial charge on any atom is 0.345 e. The van der Waals surface area contributed by atoms with Crippen LogP contribution in [0.1, 0.15) is 15.9 Å². The van der Waals surface area contributed by atoms with Crippen molar-refractivity contribution in [1.82, 2.24) is 9.78 Å². The van der Waals surface area contributed by atoms with Gasteiger partial charge in [0.2, 0.25) is 0 Å². The summed E-state index contributed by atoms with van der Waals surface area (Å²) in [7, 11) is 4.81. The number of nitrogens with zero attached hydrogens (tertiary/aromatic N) is 4. The molecular weight excluding hydrogens is 270 g/mol. The zero-order chi connectivity index (χ0) is 15.6. The van der Waals surface area contributed by atoms with Crippen molar-refractivity contribution >= 4 is 17.6 Å². The first-order valence-electron chi connectivity index (χ1n) is 6.14. The van der Waals surface area contributed by atoms with Crippen LogP contribution >= 0.6 is 0 Å². The van der Waals surface area contributed by atoms with Gasteiger partial charge >= 0.3 is 5.97 Å². The minimum absolute atomic E-state index is 0.190. The molecule has 1 aromatic heterocycles. The Morgan fingerprint density at radius 2 is 2.00 bits per heavy atom. The lowest BCUT2D eigenvalue weighted by molar-refractivity contribution is 0.0602. The Hall–Kier alpha value is -3.01. The Morgan fingerprint density at radius 3 is 2.48 bits per heavy atom. The Balaban J connectivity index is 2.59. The van der Waals surface area contributed by atoms with Gasteiger partial charge in [0.25, 0.3) is 0 Å². The summed E-state index contributed by atoms with van der Waals surface area (Å²) in [6.07, 6.45) is 0. The largest absolute Gasteiger partial charge is 0.465 e. The zero-order valence-corrected chi connectivity index (χ0v) is 12.0. The van der Waals surface area contributed by atoms with Gasteiger partial charge in [-0.05, 0) is 24.3 Å². The fraction of sp³-hybridized carbons (Fsp3) is 0.214. The second-order valence-electron chi connectivity index (χ2n) is 4.54. The minimum atomic E-state index is -0.545. The SMILES string of the molecule is COC(=O)c1c(N(C)C)nn(-c2ccc(C#N)cc2)c1N. The third kappa shape index (κ3) is 2.51. The van der Waals surface area contributed by atoms with E-state index < -0.39 is 5.97 Å². The molecule has 0 unspecified atom stereocenters. The lowest BCUT2D eigenvalue weighted by atomic mass is 10.2. The van der Waals surface area contributed by atoms with Crippen LogP contribution in [0.3, 0.4) is 0 Å². The summed E-state index contributed by atoms with van der Waals surface area (Å²) in [6, 6.07) is 8.77. The number of esters is 1. The van der Waals surface area contributed by atoms with Crippen molar-refractivity contribution in [2.75, 3.05) is 31.8 Å². The number of aromatic nitrogens is 2. The van der Waals surface area contributed by atoms with E-state index in [2.05, 4.69) is 5.10 Å². The minimum Gasteiger partial charge on any atom is -0.465 e. The van der Waals surface area contributed by atoms with Gasteiger partial charge in [0.15, 0.2) is 5.82 Å². The molecule has 0 saturated carbocycles. The van der Waals surface area contributed by atoms with Crippen molar-refractivity contribution in [2.24, 2.45) is 0 Å². The van der Waals surface area contributed by atoms with E-state index in [1.807, 2.05) is 6.07 Å². The van der Waals surface area contributed by atoms with Crippen molar-refractivity contribution in [1.29, 1.82) is 5.26 Å². The molecule has 0 aliphatic heterocycles. The molecule has 0 fully saturated rings. The van der Waals surface area contributed by atoms with Crippen LogP contribution in [0.4, 0.5) is 11.6 Å². The predicted molar refractivity (Wildman–Crippen MR) is 78.4 cm³/mol. The van der Waals surface area contributed by atoms with E-state index in [0.717, 1.165) is 0 Å². The third-order valence-electron chi connectivity index (χ3n) is 2.96. The van der Waals surface area contributed by atoms with E-state index in [4.69, 9.17) is 15.7 Å². The monoisotopic (exact) mass is 285 g/mol. The molecule has 0 spiro atoms. The molecule has 7 heteroatoms. The van der Waals surface area contributed by atoms with Crippen molar-refractivity contribution in [3.05, 3.63) is 35.4 Å². The highest BCUT2D eigenvalue weighted by Gasteiger charge is 2.24. The Bertz CT molecular complexity index is 710. The number of benzene rings is 1. The number of hydrogen-bond donors (Lipinski definition) is 1. The van der Waals surface area contributed by atoms with Crippen LogP contribution in [0.15, 0.2) is 24.3 Å². The number of nitrogens with two attached hydrogens (primary N) is 1. The van der Waals surface area contributed by atoms with Gasteiger partial charge in [0, 0.05) is 14.1 Å². The lowest BCUT2D eigenvalue weighted by Gasteiger charge is -2.09. The van der Waals surface area contributed by atoms with Gasteiger partial charge in [-0.3, -0.25) is 0 Å². The van der Waals surface area contributed by atoms with Crippen molar-refractivity contribution in [3.63, 3.8) is 0 Å². The highest BCUT2D eigenvalue weighted by Crippen LogP contribution is 2.27. The van der Waals surface area contributed by atoms with Crippen LogP contribution in [0, 0.1) is 11.3 Å². The first kappa shape index (κ1) is 14.4. The molecule has 0 aliphatic rings. The molecule has 2 rings (SSSR count). The van der Waals surface area contributed by atoms with Crippen LogP contribution in [-0.2, 0) is 4.74 Å². The van der Waals surface area contributed by atoms with Gasteiger partial charge in [0.05, 0.1) is 24.4 Å². The summed E-state index contributed by atoms with van der Waals surface area (Å²) >= 11 is 0. The number of nitrogen functional groups attached to an aromatic ring is 1. The second kappa shape index (κ2) is 5.54. The van der Waals surface area contributed by atoms with Gasteiger partial charge in [-0.15, -0.1) is 5.10 Å². The van der Waals surface area contributed by atoms with Crippen LogP contribution in [0.25, 0.3) is 5.69 Å². The molecule has 0 aliphatic carbocycles. The summed E-state index contributed by atoms with van der Waals surface area (Å²) in [5.74, 6) is 0.0649. The van der Waals surface area contributed by atoms with E-state index >= 15 is 0 Å². The highest BCUT2D eigenvalue weighted by molar-refractivity contribution is 6.00. The molecule has 108 valence electrons. The summed E-state index contributed by atoms with van der Waals surface area (Å²) in [5.41, 5.74) is 7.43. The molecule has 1 heterocycles. The molecular formula is C14H15N5O2. The Kier molecular flexibility index (Phi) is 3.80. The van der Waals surface area contributed by atoms with Crippen molar-refractivity contribution in [3.8, 4) is 11.8 Å². The summed E-state index contributed by atoms with van der Waals surface area (Å²) in [5, 5.41) is 13.2. The highest BCUT2D eigenvalue weighted by atomic mass is 16.5. The van der Waals surface area contributed by atoms with Crippen molar-refractivity contribution < 1.29 is 9.53 Å². The number of ether oxygens (including phenoxy) is 1. The maximum atomic E-state index is 11.9. The molecule has 0 amide bonds. The number of carbonyl (C=O) groups excluding carboxylic acids is 1. The van der Waals surface area contributed by atoms with E-state index in [1.54, 1.807) is 43.3 Å². The number of methoxy groups -OCH3 is 1. The van der Waals surface area contributed by atoms with E-state index in [-0.39, 0.29) is 11.4 Å². The first-order chi connectivity index (χ1) is 9.99. The quantitative estimate of drug-likeness (QED) is 0.850. The normalized spacial score (nSPS) is 10.0. The fourth-order valence-corrected chi connectivity index (χ4v) is 1.90. The number of nitriles is 1. The van der Waals surface area contributed by atoms with Crippen LogP contribution in [-0.4, -0.2) is 37.0 Å². The smallest absolute Gasteiger partial charge is 0.345 e. The van der Waals surface area contributed by atoms with Crippen LogP contribution < -0.4 is 10.6 Å². The average Bonchev–Trinajstić information content (AvgIpc) is 2.84. The predicted octanol–water partition coefficient (Wildman–Crippen LogP) is 1.18. The Labute approximate surface area is 122 Å². The van der Waals surface area contributed by atoms with E-state index in [9.17, 15) is 4.79 Å². The molecule has 7 nitrogen and oxygen atoms in total. The molecule has 0 atom stereocenters. The Morgan fingerprint density at radius 1 is 1.38 bits per heavy atom. The summed E-state index contributed by atoms with van der Waals surface area (Å²) in [6.45, 7) is 0. The van der Waals surface area contributed by atoms with E-state index in [0.29, 0.717) is 17.1 Å². The number of anilines is 2.